The van der Waals surface area contributed by atoms with E-state index in [9.17, 15) is 18.0 Å². The Bertz CT molecular complexity index is 760. The zero-order valence-electron chi connectivity index (χ0n) is 13.5. The van der Waals surface area contributed by atoms with Gasteiger partial charge in [-0.15, -0.1) is 11.8 Å². The average Bonchev–Trinajstić information content (AvgIpc) is 3.19. The molecule has 0 aliphatic carbocycles. The molecule has 25 heavy (non-hydrogen) atoms. The summed E-state index contributed by atoms with van der Waals surface area (Å²) in [5.41, 5.74) is 0.173. The van der Waals surface area contributed by atoms with Crippen LogP contribution in [-0.2, 0) is 15.7 Å². The van der Waals surface area contributed by atoms with Crippen molar-refractivity contribution >= 4 is 17.7 Å². The predicted molar refractivity (Wildman–Crippen MR) is 89.6 cm³/mol. The first-order valence-electron chi connectivity index (χ1n) is 7.66. The molecule has 0 spiro atoms. The number of alkyl halides is 3. The van der Waals surface area contributed by atoms with Crippen LogP contribution in [0.5, 0.6) is 0 Å². The van der Waals surface area contributed by atoms with Gasteiger partial charge >= 0.3 is 6.18 Å². The summed E-state index contributed by atoms with van der Waals surface area (Å²) in [6.07, 6.45) is -1.18. The van der Waals surface area contributed by atoms with Crippen molar-refractivity contribution in [3.63, 3.8) is 0 Å². The van der Waals surface area contributed by atoms with E-state index in [0.29, 0.717) is 18.9 Å². The van der Waals surface area contributed by atoms with Gasteiger partial charge in [-0.1, -0.05) is 12.1 Å². The lowest BCUT2D eigenvalue weighted by Crippen LogP contribution is -2.31. The van der Waals surface area contributed by atoms with Crippen molar-refractivity contribution in [1.82, 2.24) is 9.47 Å². The van der Waals surface area contributed by atoms with Crippen LogP contribution < -0.4 is 0 Å². The Kier molecular flexibility index (Phi) is 5.10. The summed E-state index contributed by atoms with van der Waals surface area (Å²) in [5, 5.41) is -0.207. The standard InChI is InChI=1S/C17H17F3N2O2S/c1-24-9-8-22-15(23)11-25-16(22)12-6-7-21(10-12)14-5-3-2-4-13(14)17(18,19)20/h2-7,10,16H,8-9,11H2,1H3/t16-/m0/s1. The Morgan fingerprint density at radius 3 is 2.76 bits per heavy atom. The minimum absolute atomic E-state index is 0.00971. The van der Waals surface area contributed by atoms with Crippen LogP contribution in [0.2, 0.25) is 0 Å². The lowest BCUT2D eigenvalue weighted by molar-refractivity contribution is -0.137. The molecule has 8 heteroatoms. The van der Waals surface area contributed by atoms with Gasteiger partial charge < -0.3 is 14.2 Å². The monoisotopic (exact) mass is 370 g/mol. The van der Waals surface area contributed by atoms with E-state index in [2.05, 4.69) is 0 Å². The maximum Gasteiger partial charge on any atom is 0.418 e. The topological polar surface area (TPSA) is 34.5 Å². The summed E-state index contributed by atoms with van der Waals surface area (Å²) in [6.45, 7) is 0.873. The number of ether oxygens (including phenoxy) is 1. The molecule has 1 aromatic heterocycles. The van der Waals surface area contributed by atoms with Gasteiger partial charge in [0.05, 0.1) is 23.6 Å². The number of aromatic nitrogens is 1. The highest BCUT2D eigenvalue weighted by Crippen LogP contribution is 2.39. The second-order valence-electron chi connectivity index (χ2n) is 5.61. The van der Waals surface area contributed by atoms with Crippen LogP contribution in [0.15, 0.2) is 42.7 Å². The van der Waals surface area contributed by atoms with Crippen LogP contribution in [-0.4, -0.2) is 41.4 Å². The van der Waals surface area contributed by atoms with Crippen LogP contribution in [0.4, 0.5) is 13.2 Å². The molecule has 0 unspecified atom stereocenters. The fraction of sp³-hybridized carbons (Fsp3) is 0.353. The summed E-state index contributed by atoms with van der Waals surface area (Å²) in [5.74, 6) is 0.370. The third kappa shape index (κ3) is 3.69. The third-order valence-electron chi connectivity index (χ3n) is 3.99. The minimum atomic E-state index is -4.43. The summed E-state index contributed by atoms with van der Waals surface area (Å²) >= 11 is 1.47. The zero-order chi connectivity index (χ0) is 18.0. The second kappa shape index (κ2) is 7.13. The number of benzene rings is 1. The summed E-state index contributed by atoms with van der Waals surface area (Å²) in [4.78, 5) is 13.7. The first-order valence-corrected chi connectivity index (χ1v) is 8.71. The molecule has 0 radical (unpaired) electrons. The lowest BCUT2D eigenvalue weighted by atomic mass is 10.1. The Hall–Kier alpha value is -1.93. The van der Waals surface area contributed by atoms with Crippen molar-refractivity contribution in [3.05, 3.63) is 53.9 Å². The number of halogens is 3. The molecule has 4 nitrogen and oxygen atoms in total. The molecule has 1 saturated heterocycles. The Balaban J connectivity index is 1.90. The van der Waals surface area contributed by atoms with Gasteiger partial charge in [-0.05, 0) is 18.2 Å². The number of methoxy groups -OCH3 is 1. The van der Waals surface area contributed by atoms with Crippen LogP contribution in [0, 0.1) is 0 Å². The van der Waals surface area contributed by atoms with E-state index < -0.39 is 11.7 Å². The average molecular weight is 370 g/mol. The largest absolute Gasteiger partial charge is 0.418 e. The van der Waals surface area contributed by atoms with Crippen molar-refractivity contribution in [1.29, 1.82) is 0 Å². The third-order valence-corrected chi connectivity index (χ3v) is 5.25. The first-order chi connectivity index (χ1) is 11.9. The summed E-state index contributed by atoms with van der Waals surface area (Å²) in [6, 6.07) is 7.19. The number of hydrogen-bond donors (Lipinski definition) is 0. The van der Waals surface area contributed by atoms with E-state index in [1.54, 1.807) is 36.5 Å². The normalized spacial score (nSPS) is 18.2. The van der Waals surface area contributed by atoms with Crippen molar-refractivity contribution in [2.75, 3.05) is 26.0 Å². The molecular formula is C17H17F3N2O2S. The second-order valence-corrected chi connectivity index (χ2v) is 6.68. The van der Waals surface area contributed by atoms with E-state index in [1.165, 1.54) is 28.5 Å². The van der Waals surface area contributed by atoms with Gasteiger partial charge in [0.25, 0.3) is 0 Å². The van der Waals surface area contributed by atoms with E-state index in [-0.39, 0.29) is 17.0 Å². The predicted octanol–water partition coefficient (Wildman–Crippen LogP) is 3.72. The number of para-hydroxylation sites is 1. The Morgan fingerprint density at radius 2 is 2.04 bits per heavy atom. The van der Waals surface area contributed by atoms with Crippen molar-refractivity contribution < 1.29 is 22.7 Å². The Labute approximate surface area is 147 Å². The number of rotatable bonds is 5. The first kappa shape index (κ1) is 17.9. The molecule has 3 rings (SSSR count). The van der Waals surface area contributed by atoms with Crippen molar-refractivity contribution in [3.8, 4) is 5.69 Å². The van der Waals surface area contributed by atoms with Crippen LogP contribution in [0.3, 0.4) is 0 Å². The van der Waals surface area contributed by atoms with Gasteiger partial charge in [0.15, 0.2) is 0 Å². The van der Waals surface area contributed by atoms with Crippen LogP contribution >= 0.6 is 11.8 Å². The van der Waals surface area contributed by atoms with E-state index in [4.69, 9.17) is 4.74 Å². The lowest BCUT2D eigenvalue weighted by Gasteiger charge is -2.22. The summed E-state index contributed by atoms with van der Waals surface area (Å²) in [7, 11) is 1.56. The van der Waals surface area contributed by atoms with Crippen molar-refractivity contribution in [2.24, 2.45) is 0 Å². The number of carbonyl (C=O) groups excluding carboxylic acids is 1. The summed E-state index contributed by atoms with van der Waals surface area (Å²) < 4.78 is 46.1. The van der Waals surface area contributed by atoms with E-state index in [1.807, 2.05) is 0 Å². The number of thioether (sulfide) groups is 1. The number of carbonyl (C=O) groups is 1. The number of nitrogens with zero attached hydrogens (tertiary/aromatic N) is 2. The molecule has 0 N–H and O–H groups in total. The molecule has 2 aromatic rings. The number of amides is 1. The highest BCUT2D eigenvalue weighted by atomic mass is 32.2. The fourth-order valence-electron chi connectivity index (χ4n) is 2.81. The maximum absolute atomic E-state index is 13.2. The van der Waals surface area contributed by atoms with Gasteiger partial charge in [0.1, 0.15) is 5.37 Å². The van der Waals surface area contributed by atoms with Gasteiger partial charge in [0, 0.05) is 31.6 Å². The molecule has 1 aromatic carbocycles. The van der Waals surface area contributed by atoms with Gasteiger partial charge in [-0.25, -0.2) is 0 Å². The molecule has 0 saturated carbocycles. The SMILES string of the molecule is COCCN1C(=O)CS[C@H]1c1ccn(-c2ccccc2C(F)(F)F)c1. The van der Waals surface area contributed by atoms with Gasteiger partial charge in [-0.2, -0.15) is 13.2 Å². The maximum atomic E-state index is 13.2. The quantitative estimate of drug-likeness (QED) is 0.805. The highest BCUT2D eigenvalue weighted by Gasteiger charge is 2.35. The van der Waals surface area contributed by atoms with Crippen LogP contribution in [0.25, 0.3) is 5.69 Å². The van der Waals surface area contributed by atoms with E-state index in [0.717, 1.165) is 11.6 Å². The molecule has 2 heterocycles. The van der Waals surface area contributed by atoms with Crippen LogP contribution in [0.1, 0.15) is 16.5 Å². The van der Waals surface area contributed by atoms with Crippen molar-refractivity contribution in [2.45, 2.75) is 11.6 Å². The molecular weight excluding hydrogens is 353 g/mol. The molecule has 1 amide bonds. The number of hydrogen-bond acceptors (Lipinski definition) is 3. The molecule has 1 aliphatic heterocycles. The zero-order valence-corrected chi connectivity index (χ0v) is 14.3. The minimum Gasteiger partial charge on any atom is -0.383 e. The molecule has 134 valence electrons. The smallest absolute Gasteiger partial charge is 0.383 e. The molecule has 0 bridgehead atoms. The molecule has 1 aliphatic rings. The van der Waals surface area contributed by atoms with Gasteiger partial charge in [0.2, 0.25) is 5.91 Å². The van der Waals surface area contributed by atoms with Gasteiger partial charge in [-0.3, -0.25) is 4.79 Å². The molecule has 1 atom stereocenters. The fourth-order valence-corrected chi connectivity index (χ4v) is 4.01. The highest BCUT2D eigenvalue weighted by molar-refractivity contribution is 8.00. The molecule has 1 fully saturated rings. The Morgan fingerprint density at radius 1 is 1.28 bits per heavy atom. The van der Waals surface area contributed by atoms with E-state index >= 15 is 0 Å².